The third-order valence-electron chi connectivity index (χ3n) is 4.32. The number of aliphatic carboxylic acids is 1. The van der Waals surface area contributed by atoms with Crippen LogP contribution in [0.3, 0.4) is 0 Å². The highest BCUT2D eigenvalue weighted by Gasteiger charge is 2.24. The normalized spacial score (nSPS) is 16.7. The number of ether oxygens (including phenoxy) is 1. The predicted molar refractivity (Wildman–Crippen MR) is 86.2 cm³/mol. The number of carbonyl (C=O) groups is 1. The lowest BCUT2D eigenvalue weighted by Crippen LogP contribution is -2.47. The Morgan fingerprint density at radius 1 is 1.39 bits per heavy atom. The molecule has 0 bridgehead atoms. The van der Waals surface area contributed by atoms with Gasteiger partial charge in [-0.1, -0.05) is 19.1 Å². The fourth-order valence-electron chi connectivity index (χ4n) is 3.03. The number of likely N-dealkylation sites (tertiary alicyclic amines) is 1. The fraction of sp³-hybridized carbons (Fsp3) is 0.588. The number of carboxylic acids is 1. The number of piperidine rings is 1. The molecule has 0 atom stereocenters. The summed E-state index contributed by atoms with van der Waals surface area (Å²) in [4.78, 5) is 15.2. The second-order valence-corrected chi connectivity index (χ2v) is 5.81. The van der Waals surface area contributed by atoms with Crippen LogP contribution in [0.1, 0.15) is 19.8 Å². The number of rotatable bonds is 8. The van der Waals surface area contributed by atoms with Crippen LogP contribution in [0, 0.1) is 5.82 Å². The molecule has 0 aromatic heterocycles. The number of hydrogen-bond acceptors (Lipinski definition) is 4. The zero-order valence-corrected chi connectivity index (χ0v) is 13.6. The molecule has 0 aliphatic carbocycles. The highest BCUT2D eigenvalue weighted by molar-refractivity contribution is 5.69. The molecule has 23 heavy (non-hydrogen) atoms. The summed E-state index contributed by atoms with van der Waals surface area (Å²) in [5, 5.41) is 8.95. The summed E-state index contributed by atoms with van der Waals surface area (Å²) in [6.07, 6.45) is 1.92. The first kappa shape index (κ1) is 17.7. The van der Waals surface area contributed by atoms with Gasteiger partial charge in [-0.05, 0) is 44.6 Å². The molecule has 1 heterocycles. The minimum absolute atomic E-state index is 0.109. The Hall–Kier alpha value is -1.66. The van der Waals surface area contributed by atoms with Gasteiger partial charge >= 0.3 is 5.97 Å². The average molecular weight is 324 g/mol. The van der Waals surface area contributed by atoms with E-state index in [2.05, 4.69) is 4.90 Å². The van der Waals surface area contributed by atoms with Crippen LogP contribution < -0.4 is 4.74 Å². The van der Waals surface area contributed by atoms with Crippen molar-refractivity contribution >= 4 is 5.97 Å². The van der Waals surface area contributed by atoms with Crippen LogP contribution in [0.5, 0.6) is 5.75 Å². The van der Waals surface area contributed by atoms with Gasteiger partial charge in [-0.2, -0.15) is 0 Å². The van der Waals surface area contributed by atoms with E-state index in [1.807, 2.05) is 11.8 Å². The topological polar surface area (TPSA) is 53.0 Å². The first-order valence-electron chi connectivity index (χ1n) is 8.15. The Morgan fingerprint density at radius 2 is 2.09 bits per heavy atom. The van der Waals surface area contributed by atoms with Gasteiger partial charge in [0.05, 0.1) is 6.54 Å². The molecule has 0 spiro atoms. The Kier molecular flexibility index (Phi) is 6.80. The zero-order chi connectivity index (χ0) is 16.7. The molecule has 6 heteroatoms. The Labute approximate surface area is 136 Å². The summed E-state index contributed by atoms with van der Waals surface area (Å²) in [5.74, 6) is -0.813. The number of likely N-dealkylation sites (N-methyl/N-ethyl adjacent to an activating group) is 1. The van der Waals surface area contributed by atoms with E-state index in [-0.39, 0.29) is 12.4 Å². The smallest absolute Gasteiger partial charge is 0.317 e. The molecular formula is C17H25FN2O3. The van der Waals surface area contributed by atoms with E-state index in [1.165, 1.54) is 6.07 Å². The van der Waals surface area contributed by atoms with Gasteiger partial charge in [-0.3, -0.25) is 14.6 Å². The fourth-order valence-corrected chi connectivity index (χ4v) is 3.03. The molecule has 1 aliphatic rings. The van der Waals surface area contributed by atoms with Gasteiger partial charge in [0.15, 0.2) is 11.6 Å². The number of nitrogens with zero attached hydrogens (tertiary/aromatic N) is 2. The predicted octanol–water partition coefficient (Wildman–Crippen LogP) is 2.08. The van der Waals surface area contributed by atoms with Gasteiger partial charge in [0.25, 0.3) is 0 Å². The van der Waals surface area contributed by atoms with E-state index in [0.29, 0.717) is 18.4 Å². The van der Waals surface area contributed by atoms with Crippen molar-refractivity contribution in [2.75, 3.05) is 39.3 Å². The number of benzene rings is 1. The van der Waals surface area contributed by atoms with E-state index in [9.17, 15) is 9.18 Å². The molecule has 1 aromatic rings. The second-order valence-electron chi connectivity index (χ2n) is 5.81. The molecule has 128 valence electrons. The van der Waals surface area contributed by atoms with E-state index < -0.39 is 5.97 Å². The molecule has 2 rings (SSSR count). The van der Waals surface area contributed by atoms with Crippen molar-refractivity contribution in [2.24, 2.45) is 0 Å². The molecule has 5 nitrogen and oxygen atoms in total. The molecule has 1 aliphatic heterocycles. The van der Waals surface area contributed by atoms with Gasteiger partial charge in [0.2, 0.25) is 0 Å². The SMILES string of the molecule is CCN(CC(=O)O)C1CCN(CCOc2ccccc2F)CC1. The first-order valence-corrected chi connectivity index (χ1v) is 8.15. The van der Waals surface area contributed by atoms with Crippen LogP contribution in [0.4, 0.5) is 4.39 Å². The Morgan fingerprint density at radius 3 is 2.70 bits per heavy atom. The molecule has 0 radical (unpaired) electrons. The van der Waals surface area contributed by atoms with Gasteiger partial charge in [0.1, 0.15) is 6.61 Å². The van der Waals surface area contributed by atoms with Crippen LogP contribution in [0.2, 0.25) is 0 Å². The van der Waals surface area contributed by atoms with Crippen molar-refractivity contribution in [1.29, 1.82) is 0 Å². The summed E-state index contributed by atoms with van der Waals surface area (Å²) < 4.78 is 18.9. The van der Waals surface area contributed by atoms with Gasteiger partial charge < -0.3 is 9.84 Å². The third kappa shape index (κ3) is 5.48. The maximum atomic E-state index is 13.4. The lowest BCUT2D eigenvalue weighted by molar-refractivity contribution is -0.139. The standard InChI is InChI=1S/C17H25FN2O3/c1-2-20(13-17(21)22)14-7-9-19(10-8-14)11-12-23-16-6-4-3-5-15(16)18/h3-6,14H,2,7-13H2,1H3,(H,21,22). The Balaban J connectivity index is 1.70. The summed E-state index contributed by atoms with van der Waals surface area (Å²) in [7, 11) is 0. The zero-order valence-electron chi connectivity index (χ0n) is 13.6. The van der Waals surface area contributed by atoms with E-state index in [0.717, 1.165) is 39.0 Å². The van der Waals surface area contributed by atoms with Crippen molar-refractivity contribution in [2.45, 2.75) is 25.8 Å². The van der Waals surface area contributed by atoms with Gasteiger partial charge in [0, 0.05) is 12.6 Å². The van der Waals surface area contributed by atoms with Crippen molar-refractivity contribution in [1.82, 2.24) is 9.80 Å². The molecule has 1 saturated heterocycles. The summed E-state index contributed by atoms with van der Waals surface area (Å²) in [6.45, 7) is 5.91. The lowest BCUT2D eigenvalue weighted by atomic mass is 10.0. The monoisotopic (exact) mass is 324 g/mol. The summed E-state index contributed by atoms with van der Waals surface area (Å²) in [6, 6.07) is 6.75. The van der Waals surface area contributed by atoms with E-state index in [1.54, 1.807) is 18.2 Å². The highest BCUT2D eigenvalue weighted by Crippen LogP contribution is 2.18. The number of halogens is 1. The minimum atomic E-state index is -0.771. The first-order chi connectivity index (χ1) is 11.1. The second kappa shape index (κ2) is 8.84. The quantitative estimate of drug-likeness (QED) is 0.793. The largest absolute Gasteiger partial charge is 0.489 e. The van der Waals surface area contributed by atoms with Crippen LogP contribution in [-0.4, -0.2) is 66.2 Å². The van der Waals surface area contributed by atoms with Crippen LogP contribution in [0.15, 0.2) is 24.3 Å². The average Bonchev–Trinajstić information content (AvgIpc) is 2.55. The molecule has 1 N–H and O–H groups in total. The van der Waals surface area contributed by atoms with Gasteiger partial charge in [-0.15, -0.1) is 0 Å². The van der Waals surface area contributed by atoms with Crippen molar-refractivity contribution in [3.8, 4) is 5.75 Å². The maximum Gasteiger partial charge on any atom is 0.317 e. The van der Waals surface area contributed by atoms with E-state index >= 15 is 0 Å². The van der Waals surface area contributed by atoms with Crippen molar-refractivity contribution < 1.29 is 19.0 Å². The molecule has 1 fully saturated rings. The summed E-state index contributed by atoms with van der Waals surface area (Å²) >= 11 is 0. The Bertz CT molecular complexity index is 504. The van der Waals surface area contributed by atoms with E-state index in [4.69, 9.17) is 9.84 Å². The molecular weight excluding hydrogens is 299 g/mol. The molecule has 1 aromatic carbocycles. The molecule has 0 saturated carbocycles. The van der Waals surface area contributed by atoms with Crippen LogP contribution >= 0.6 is 0 Å². The number of para-hydroxylation sites is 1. The molecule has 0 amide bonds. The van der Waals surface area contributed by atoms with Crippen LogP contribution in [-0.2, 0) is 4.79 Å². The molecule has 0 unspecified atom stereocenters. The van der Waals surface area contributed by atoms with Crippen molar-refractivity contribution in [3.63, 3.8) is 0 Å². The van der Waals surface area contributed by atoms with Crippen LogP contribution in [0.25, 0.3) is 0 Å². The third-order valence-corrected chi connectivity index (χ3v) is 4.32. The number of carboxylic acid groups (broad SMARTS) is 1. The minimum Gasteiger partial charge on any atom is -0.489 e. The maximum absolute atomic E-state index is 13.4. The number of hydrogen-bond donors (Lipinski definition) is 1. The van der Waals surface area contributed by atoms with Gasteiger partial charge in [-0.25, -0.2) is 4.39 Å². The lowest BCUT2D eigenvalue weighted by Gasteiger charge is -2.37. The summed E-state index contributed by atoms with van der Waals surface area (Å²) in [5.41, 5.74) is 0. The highest BCUT2D eigenvalue weighted by atomic mass is 19.1. The van der Waals surface area contributed by atoms with Crippen molar-refractivity contribution in [3.05, 3.63) is 30.1 Å².